The van der Waals surface area contributed by atoms with Crippen LogP contribution < -0.4 is 0 Å². The van der Waals surface area contributed by atoms with Gasteiger partial charge in [0.25, 0.3) is 0 Å². The number of carbonyl (C=O) groups is 3. The van der Waals surface area contributed by atoms with Crippen LogP contribution >= 0.6 is 0 Å². The normalized spacial score (nSPS) is 21.3. The maximum absolute atomic E-state index is 12.1. The van der Waals surface area contributed by atoms with Crippen molar-refractivity contribution < 1.29 is 29.0 Å². The Morgan fingerprint density at radius 1 is 1.17 bits per heavy atom. The minimum atomic E-state index is -1.65. The predicted octanol–water partition coefficient (Wildman–Crippen LogP) is 3.47. The lowest BCUT2D eigenvalue weighted by Gasteiger charge is -2.30. The highest BCUT2D eigenvalue weighted by Crippen LogP contribution is 2.38. The second-order valence-electron chi connectivity index (χ2n) is 6.51. The summed E-state index contributed by atoms with van der Waals surface area (Å²) >= 11 is 0. The summed E-state index contributed by atoms with van der Waals surface area (Å²) in [4.78, 5) is 35.2. The van der Waals surface area contributed by atoms with Crippen molar-refractivity contribution in [2.24, 2.45) is 5.92 Å². The molecule has 2 atom stereocenters. The average molecular weight is 342 g/mol. The number of unbranched alkanes of at least 4 members (excludes halogenated alkanes) is 7. The van der Waals surface area contributed by atoms with E-state index >= 15 is 0 Å². The van der Waals surface area contributed by atoms with Crippen LogP contribution in [0.3, 0.4) is 0 Å². The van der Waals surface area contributed by atoms with Crippen LogP contribution in [0.1, 0.15) is 77.6 Å². The van der Waals surface area contributed by atoms with Crippen LogP contribution in [0.2, 0.25) is 0 Å². The van der Waals surface area contributed by atoms with Gasteiger partial charge >= 0.3 is 17.9 Å². The molecule has 1 aliphatic rings. The molecule has 0 aromatic carbocycles. The lowest BCUT2D eigenvalue weighted by molar-refractivity contribution is -0.184. The highest BCUT2D eigenvalue weighted by atomic mass is 16.6. The molecular weight excluding hydrogens is 312 g/mol. The molecule has 6 heteroatoms. The van der Waals surface area contributed by atoms with E-state index in [-0.39, 0.29) is 12.8 Å². The number of aliphatic carboxylic acids is 1. The highest BCUT2D eigenvalue weighted by molar-refractivity contribution is 5.91. The van der Waals surface area contributed by atoms with Gasteiger partial charge in [-0.15, -0.1) is 0 Å². The summed E-state index contributed by atoms with van der Waals surface area (Å²) in [6, 6.07) is 0. The number of rotatable bonds is 12. The van der Waals surface area contributed by atoms with Gasteiger partial charge in [0.05, 0.1) is 7.11 Å². The van der Waals surface area contributed by atoms with Crippen molar-refractivity contribution >= 4 is 17.9 Å². The number of carbonyl (C=O) groups excluding carboxylic acids is 2. The smallest absolute Gasteiger partial charge is 0.351 e. The molecule has 1 aliphatic heterocycles. The fraction of sp³-hybridized carbons (Fsp3) is 0.833. The van der Waals surface area contributed by atoms with E-state index in [2.05, 4.69) is 6.92 Å². The third-order valence-electron chi connectivity index (χ3n) is 4.73. The SMILES string of the molecule is CCCCCCCCCCC(C(=O)O)C1(C(=O)OC)CCC(=O)O1. The van der Waals surface area contributed by atoms with Crippen LogP contribution in [0.15, 0.2) is 0 Å². The van der Waals surface area contributed by atoms with Crippen LogP contribution in [0, 0.1) is 5.92 Å². The number of hydrogen-bond acceptors (Lipinski definition) is 5. The Labute approximate surface area is 143 Å². The minimum Gasteiger partial charge on any atom is -0.481 e. The second kappa shape index (κ2) is 10.3. The Kier molecular flexibility index (Phi) is 8.79. The molecule has 24 heavy (non-hydrogen) atoms. The predicted molar refractivity (Wildman–Crippen MR) is 88.4 cm³/mol. The van der Waals surface area contributed by atoms with Crippen molar-refractivity contribution in [3.05, 3.63) is 0 Å². The van der Waals surface area contributed by atoms with Gasteiger partial charge in [-0.2, -0.15) is 0 Å². The molecule has 1 N–H and O–H groups in total. The first-order chi connectivity index (χ1) is 11.5. The van der Waals surface area contributed by atoms with E-state index in [0.29, 0.717) is 12.8 Å². The molecule has 1 heterocycles. The van der Waals surface area contributed by atoms with E-state index in [1.165, 1.54) is 32.8 Å². The second-order valence-corrected chi connectivity index (χ2v) is 6.51. The molecule has 138 valence electrons. The van der Waals surface area contributed by atoms with Crippen LogP contribution in [0.25, 0.3) is 0 Å². The molecule has 0 aliphatic carbocycles. The number of carboxylic acids is 1. The quantitative estimate of drug-likeness (QED) is 0.431. The van der Waals surface area contributed by atoms with E-state index < -0.39 is 29.4 Å². The molecular formula is C18H30O6. The van der Waals surface area contributed by atoms with Gasteiger partial charge in [-0.1, -0.05) is 58.3 Å². The van der Waals surface area contributed by atoms with Crippen molar-refractivity contribution in [1.82, 2.24) is 0 Å². The third kappa shape index (κ3) is 5.49. The Hall–Kier alpha value is -1.59. The van der Waals surface area contributed by atoms with Crippen molar-refractivity contribution in [2.75, 3.05) is 7.11 Å². The summed E-state index contributed by atoms with van der Waals surface area (Å²) in [5, 5.41) is 9.53. The van der Waals surface area contributed by atoms with Gasteiger partial charge in [0.2, 0.25) is 5.60 Å². The number of cyclic esters (lactones) is 1. The van der Waals surface area contributed by atoms with Gasteiger partial charge in [0.15, 0.2) is 0 Å². The molecule has 0 spiro atoms. The maximum atomic E-state index is 12.1. The minimum absolute atomic E-state index is 0.0519. The molecule has 1 saturated heterocycles. The van der Waals surface area contributed by atoms with Crippen LogP contribution in [-0.4, -0.2) is 35.7 Å². The first-order valence-corrected chi connectivity index (χ1v) is 9.01. The zero-order valence-electron chi connectivity index (χ0n) is 14.8. The van der Waals surface area contributed by atoms with Crippen LogP contribution in [-0.2, 0) is 23.9 Å². The van der Waals surface area contributed by atoms with Crippen LogP contribution in [0.5, 0.6) is 0 Å². The fourth-order valence-electron chi connectivity index (χ4n) is 3.34. The summed E-state index contributed by atoms with van der Waals surface area (Å²) in [6.07, 6.45) is 9.19. The molecule has 2 unspecified atom stereocenters. The zero-order valence-corrected chi connectivity index (χ0v) is 14.8. The van der Waals surface area contributed by atoms with Crippen molar-refractivity contribution in [2.45, 2.75) is 83.2 Å². The van der Waals surface area contributed by atoms with Gasteiger partial charge < -0.3 is 14.6 Å². The Balaban J connectivity index is 2.52. The Bertz CT molecular complexity index is 433. The van der Waals surface area contributed by atoms with Gasteiger partial charge in [-0.25, -0.2) is 4.79 Å². The molecule has 0 amide bonds. The first kappa shape index (κ1) is 20.5. The molecule has 0 saturated carbocycles. The standard InChI is InChI=1S/C18H30O6/c1-3-4-5-6-7-8-9-10-11-14(16(20)21)18(17(22)23-2)13-12-15(19)24-18/h14H,3-13H2,1-2H3,(H,20,21). The van der Waals surface area contributed by atoms with Gasteiger partial charge in [0.1, 0.15) is 5.92 Å². The topological polar surface area (TPSA) is 89.9 Å². The summed E-state index contributed by atoms with van der Waals surface area (Å²) < 4.78 is 9.87. The van der Waals surface area contributed by atoms with E-state index in [0.717, 1.165) is 19.3 Å². The average Bonchev–Trinajstić information content (AvgIpc) is 2.95. The lowest BCUT2D eigenvalue weighted by atomic mass is 9.81. The largest absolute Gasteiger partial charge is 0.481 e. The third-order valence-corrected chi connectivity index (χ3v) is 4.73. The van der Waals surface area contributed by atoms with Gasteiger partial charge in [0, 0.05) is 12.8 Å². The molecule has 6 nitrogen and oxygen atoms in total. The van der Waals surface area contributed by atoms with E-state index in [4.69, 9.17) is 9.47 Å². The van der Waals surface area contributed by atoms with E-state index in [1.54, 1.807) is 0 Å². The van der Waals surface area contributed by atoms with E-state index in [1.807, 2.05) is 0 Å². The molecule has 0 aromatic rings. The number of methoxy groups -OCH3 is 1. The molecule has 1 fully saturated rings. The number of carboxylic acid groups (broad SMARTS) is 1. The lowest BCUT2D eigenvalue weighted by Crippen LogP contribution is -2.49. The Morgan fingerprint density at radius 3 is 2.21 bits per heavy atom. The summed E-state index contributed by atoms with van der Waals surface area (Å²) in [5.41, 5.74) is -1.65. The monoisotopic (exact) mass is 342 g/mol. The Morgan fingerprint density at radius 2 is 1.75 bits per heavy atom. The summed E-state index contributed by atoms with van der Waals surface area (Å²) in [5.74, 6) is -3.46. The number of hydrogen-bond donors (Lipinski definition) is 1. The van der Waals surface area contributed by atoms with E-state index in [9.17, 15) is 19.5 Å². The van der Waals surface area contributed by atoms with Gasteiger partial charge in [-0.05, 0) is 6.42 Å². The first-order valence-electron chi connectivity index (χ1n) is 9.01. The maximum Gasteiger partial charge on any atom is 0.351 e. The summed E-state index contributed by atoms with van der Waals surface area (Å²) in [7, 11) is 1.19. The fourth-order valence-corrected chi connectivity index (χ4v) is 3.34. The van der Waals surface area contributed by atoms with Crippen molar-refractivity contribution in [1.29, 1.82) is 0 Å². The van der Waals surface area contributed by atoms with Crippen molar-refractivity contribution in [3.8, 4) is 0 Å². The van der Waals surface area contributed by atoms with Crippen molar-refractivity contribution in [3.63, 3.8) is 0 Å². The number of esters is 2. The molecule has 0 aromatic heterocycles. The molecule has 0 bridgehead atoms. The summed E-state index contributed by atoms with van der Waals surface area (Å²) in [6.45, 7) is 2.18. The van der Waals surface area contributed by atoms with Gasteiger partial charge in [-0.3, -0.25) is 9.59 Å². The highest BCUT2D eigenvalue weighted by Gasteiger charge is 2.56. The molecule has 0 radical (unpaired) electrons. The zero-order chi connectivity index (χ0) is 18.0. The number of ether oxygens (including phenoxy) is 2. The molecule has 1 rings (SSSR count). The van der Waals surface area contributed by atoms with Crippen LogP contribution in [0.4, 0.5) is 0 Å².